The van der Waals surface area contributed by atoms with Crippen molar-refractivity contribution in [2.24, 2.45) is 0 Å². The summed E-state index contributed by atoms with van der Waals surface area (Å²) in [6.45, 7) is 2.10. The van der Waals surface area contributed by atoms with Gasteiger partial charge in [0.05, 0.1) is 6.04 Å². The summed E-state index contributed by atoms with van der Waals surface area (Å²) in [5, 5.41) is 6.87. The Kier molecular flexibility index (Phi) is 4.95. The summed E-state index contributed by atoms with van der Waals surface area (Å²) in [7, 11) is 0. The summed E-state index contributed by atoms with van der Waals surface area (Å²) in [5.74, 6) is 1.43. The number of anilines is 3. The topological polar surface area (TPSA) is 75.9 Å². The Morgan fingerprint density at radius 2 is 1.74 bits per heavy atom. The van der Waals surface area contributed by atoms with Crippen molar-refractivity contribution in [3.63, 3.8) is 0 Å². The summed E-state index contributed by atoms with van der Waals surface area (Å²) in [6, 6.07) is 10.9. The van der Waals surface area contributed by atoms with Crippen LogP contribution in [0.3, 0.4) is 0 Å². The van der Waals surface area contributed by atoms with E-state index in [4.69, 9.17) is 5.73 Å². The summed E-state index contributed by atoms with van der Waals surface area (Å²) >= 11 is 0. The van der Waals surface area contributed by atoms with Crippen molar-refractivity contribution >= 4 is 17.3 Å². The van der Waals surface area contributed by atoms with Gasteiger partial charge < -0.3 is 16.4 Å². The molecule has 1 aromatic heterocycles. The van der Waals surface area contributed by atoms with Gasteiger partial charge in [0, 0.05) is 6.04 Å². The molecule has 5 nitrogen and oxygen atoms in total. The molecule has 2 aromatic rings. The Labute approximate surface area is 137 Å². The van der Waals surface area contributed by atoms with Crippen molar-refractivity contribution in [3.8, 4) is 0 Å². The normalized spacial score (nSPS) is 16.7. The van der Waals surface area contributed by atoms with Gasteiger partial charge >= 0.3 is 0 Å². The number of rotatable bonds is 5. The van der Waals surface area contributed by atoms with Gasteiger partial charge in [-0.3, -0.25) is 0 Å². The second kappa shape index (κ2) is 7.31. The number of nitrogens with one attached hydrogen (secondary N) is 2. The molecule has 122 valence electrons. The van der Waals surface area contributed by atoms with Crippen LogP contribution < -0.4 is 16.4 Å². The van der Waals surface area contributed by atoms with Gasteiger partial charge in [0.1, 0.15) is 12.0 Å². The van der Waals surface area contributed by atoms with Crippen LogP contribution in [0.4, 0.5) is 17.3 Å². The van der Waals surface area contributed by atoms with Gasteiger partial charge in [0.15, 0.2) is 11.6 Å². The van der Waals surface area contributed by atoms with E-state index in [1.165, 1.54) is 37.7 Å². The van der Waals surface area contributed by atoms with Crippen LogP contribution in [0.2, 0.25) is 0 Å². The molecule has 1 unspecified atom stereocenters. The highest BCUT2D eigenvalue weighted by molar-refractivity contribution is 5.74. The lowest BCUT2D eigenvalue weighted by atomic mass is 9.95. The average molecular weight is 311 g/mol. The molecule has 23 heavy (non-hydrogen) atoms. The number of hydrogen-bond donors (Lipinski definition) is 3. The molecule has 3 rings (SSSR count). The molecule has 0 radical (unpaired) electrons. The van der Waals surface area contributed by atoms with Crippen molar-refractivity contribution in [1.82, 2.24) is 9.97 Å². The van der Waals surface area contributed by atoms with E-state index in [-0.39, 0.29) is 6.04 Å². The van der Waals surface area contributed by atoms with E-state index in [1.54, 1.807) is 6.33 Å². The standard InChI is InChI=1S/C18H25N5/c1-13(14-8-4-2-5-9-14)22-17-16(19)18(21-12-20-17)23-15-10-6-3-7-11-15/h2,4-5,8-9,12-13,15H,3,6-7,10-11,19H2,1H3,(H2,20,21,22,23). The molecule has 0 saturated heterocycles. The largest absolute Gasteiger partial charge is 0.393 e. The summed E-state index contributed by atoms with van der Waals surface area (Å²) in [5.41, 5.74) is 8.08. The lowest BCUT2D eigenvalue weighted by molar-refractivity contribution is 0.462. The van der Waals surface area contributed by atoms with E-state index in [0.717, 1.165) is 5.82 Å². The van der Waals surface area contributed by atoms with Crippen molar-refractivity contribution in [1.29, 1.82) is 0 Å². The smallest absolute Gasteiger partial charge is 0.155 e. The van der Waals surface area contributed by atoms with E-state index in [9.17, 15) is 0 Å². The Bertz CT molecular complexity index is 623. The zero-order valence-corrected chi connectivity index (χ0v) is 13.6. The molecule has 1 fully saturated rings. The van der Waals surface area contributed by atoms with Gasteiger partial charge in [0.25, 0.3) is 0 Å². The van der Waals surface area contributed by atoms with Crippen molar-refractivity contribution in [3.05, 3.63) is 42.2 Å². The lowest BCUT2D eigenvalue weighted by Gasteiger charge is -2.24. The van der Waals surface area contributed by atoms with E-state index >= 15 is 0 Å². The molecule has 1 aromatic carbocycles. The molecule has 0 amide bonds. The maximum atomic E-state index is 6.28. The van der Waals surface area contributed by atoms with Crippen LogP contribution in [-0.2, 0) is 0 Å². The number of nitrogen functional groups attached to an aromatic ring is 1. The van der Waals surface area contributed by atoms with Gasteiger partial charge in [-0.15, -0.1) is 0 Å². The quantitative estimate of drug-likeness (QED) is 0.779. The molecule has 5 heteroatoms. The highest BCUT2D eigenvalue weighted by Gasteiger charge is 2.17. The van der Waals surface area contributed by atoms with Crippen LogP contribution >= 0.6 is 0 Å². The molecule has 1 atom stereocenters. The van der Waals surface area contributed by atoms with Crippen LogP contribution in [0.25, 0.3) is 0 Å². The highest BCUT2D eigenvalue weighted by atomic mass is 15.1. The molecular weight excluding hydrogens is 286 g/mol. The monoisotopic (exact) mass is 311 g/mol. The van der Waals surface area contributed by atoms with Gasteiger partial charge in [-0.25, -0.2) is 9.97 Å². The van der Waals surface area contributed by atoms with E-state index in [1.807, 2.05) is 18.2 Å². The zero-order valence-electron chi connectivity index (χ0n) is 13.6. The fraction of sp³-hybridized carbons (Fsp3) is 0.444. The third-order valence-electron chi connectivity index (χ3n) is 4.48. The van der Waals surface area contributed by atoms with E-state index in [0.29, 0.717) is 17.5 Å². The second-order valence-corrected chi connectivity index (χ2v) is 6.24. The maximum absolute atomic E-state index is 6.28. The molecule has 0 bridgehead atoms. The fourth-order valence-electron chi connectivity index (χ4n) is 3.10. The predicted molar refractivity (Wildman–Crippen MR) is 95.4 cm³/mol. The van der Waals surface area contributed by atoms with Crippen LogP contribution in [0.1, 0.15) is 50.6 Å². The molecule has 1 aliphatic carbocycles. The van der Waals surface area contributed by atoms with Crippen LogP contribution in [0, 0.1) is 0 Å². The minimum absolute atomic E-state index is 0.135. The third-order valence-corrected chi connectivity index (χ3v) is 4.48. The first-order valence-corrected chi connectivity index (χ1v) is 8.42. The third kappa shape index (κ3) is 3.92. The first kappa shape index (κ1) is 15.6. The molecule has 1 heterocycles. The minimum Gasteiger partial charge on any atom is -0.393 e. The predicted octanol–water partition coefficient (Wildman–Crippen LogP) is 3.98. The summed E-state index contributed by atoms with van der Waals surface area (Å²) in [6.07, 6.45) is 7.83. The summed E-state index contributed by atoms with van der Waals surface area (Å²) in [4.78, 5) is 8.64. The van der Waals surface area contributed by atoms with Crippen molar-refractivity contribution in [2.45, 2.75) is 51.1 Å². The van der Waals surface area contributed by atoms with Crippen LogP contribution in [0.15, 0.2) is 36.7 Å². The van der Waals surface area contributed by atoms with E-state index < -0.39 is 0 Å². The summed E-state index contributed by atoms with van der Waals surface area (Å²) < 4.78 is 0. The molecule has 4 N–H and O–H groups in total. The zero-order chi connectivity index (χ0) is 16.1. The van der Waals surface area contributed by atoms with Gasteiger partial charge in [-0.05, 0) is 25.3 Å². The first-order chi connectivity index (χ1) is 11.2. The second-order valence-electron chi connectivity index (χ2n) is 6.24. The average Bonchev–Trinajstić information content (AvgIpc) is 2.60. The van der Waals surface area contributed by atoms with Gasteiger partial charge in [-0.2, -0.15) is 0 Å². The maximum Gasteiger partial charge on any atom is 0.155 e. The lowest BCUT2D eigenvalue weighted by Crippen LogP contribution is -2.24. The van der Waals surface area contributed by atoms with Crippen LogP contribution in [0.5, 0.6) is 0 Å². The molecular formula is C18H25N5. The Hall–Kier alpha value is -2.30. The van der Waals surface area contributed by atoms with E-state index in [2.05, 4.69) is 39.7 Å². The van der Waals surface area contributed by atoms with Crippen LogP contribution in [-0.4, -0.2) is 16.0 Å². The molecule has 1 aliphatic rings. The SMILES string of the molecule is CC(Nc1ncnc(NC2CCCCC2)c1N)c1ccccc1. The Morgan fingerprint density at radius 3 is 2.48 bits per heavy atom. The number of nitrogens with zero attached hydrogens (tertiary/aromatic N) is 2. The number of hydrogen-bond acceptors (Lipinski definition) is 5. The Morgan fingerprint density at radius 1 is 1.04 bits per heavy atom. The van der Waals surface area contributed by atoms with Gasteiger partial charge in [0.2, 0.25) is 0 Å². The van der Waals surface area contributed by atoms with Crippen molar-refractivity contribution < 1.29 is 0 Å². The number of aromatic nitrogens is 2. The van der Waals surface area contributed by atoms with Gasteiger partial charge in [-0.1, -0.05) is 49.6 Å². The highest BCUT2D eigenvalue weighted by Crippen LogP contribution is 2.29. The number of benzene rings is 1. The fourth-order valence-corrected chi connectivity index (χ4v) is 3.10. The molecule has 0 spiro atoms. The minimum atomic E-state index is 0.135. The first-order valence-electron chi connectivity index (χ1n) is 8.42. The molecule has 0 aliphatic heterocycles. The molecule has 1 saturated carbocycles. The number of nitrogens with two attached hydrogens (primary N) is 1. The Balaban J connectivity index is 1.71. The van der Waals surface area contributed by atoms with Crippen molar-refractivity contribution in [2.75, 3.05) is 16.4 Å².